The van der Waals surface area contributed by atoms with Gasteiger partial charge in [-0.2, -0.15) is 5.10 Å². The van der Waals surface area contributed by atoms with Crippen LogP contribution in [-0.4, -0.2) is 50.7 Å². The Labute approximate surface area is 142 Å². The van der Waals surface area contributed by atoms with Gasteiger partial charge in [0.1, 0.15) is 6.04 Å². The van der Waals surface area contributed by atoms with Gasteiger partial charge in [-0.15, -0.1) is 11.8 Å². The Morgan fingerprint density at radius 3 is 2.78 bits per heavy atom. The third kappa shape index (κ3) is 4.73. The number of thioether (sulfide) groups is 1. The smallest absolute Gasteiger partial charge is 0.243 e. The van der Waals surface area contributed by atoms with E-state index in [1.165, 1.54) is 0 Å². The minimum atomic E-state index is -0.457. The fourth-order valence-corrected chi connectivity index (χ4v) is 3.60. The Bertz CT molecular complexity index is 565. The van der Waals surface area contributed by atoms with Gasteiger partial charge in [0.05, 0.1) is 12.1 Å². The first-order chi connectivity index (χ1) is 10.8. The molecule has 1 fully saturated rings. The SMILES string of the molecule is Cc1cnn(CCCNC(=O)[C@H]2CSCN2C(=O)C(C)(C)C)c1. The molecule has 1 N–H and O–H groups in total. The molecule has 0 radical (unpaired) electrons. The van der Waals surface area contributed by atoms with Crippen LogP contribution in [0.15, 0.2) is 12.4 Å². The van der Waals surface area contributed by atoms with Gasteiger partial charge in [0.2, 0.25) is 11.8 Å². The molecule has 1 aliphatic rings. The number of hydrogen-bond acceptors (Lipinski definition) is 4. The Morgan fingerprint density at radius 1 is 1.43 bits per heavy atom. The standard InChI is InChI=1S/C16H26N4O2S/c1-12-8-18-19(9-12)7-5-6-17-14(21)13-10-23-11-20(13)15(22)16(2,3)4/h8-9,13H,5-7,10-11H2,1-4H3,(H,17,21)/t13-/m1/s1. The summed E-state index contributed by atoms with van der Waals surface area (Å²) in [5, 5.41) is 7.17. The van der Waals surface area contributed by atoms with Gasteiger partial charge in [0.15, 0.2) is 0 Å². The van der Waals surface area contributed by atoms with Gasteiger partial charge < -0.3 is 10.2 Å². The molecule has 2 heterocycles. The molecule has 0 aliphatic carbocycles. The van der Waals surface area contributed by atoms with E-state index in [0.29, 0.717) is 18.2 Å². The van der Waals surface area contributed by atoms with Gasteiger partial charge in [-0.05, 0) is 18.9 Å². The van der Waals surface area contributed by atoms with E-state index in [1.807, 2.05) is 44.8 Å². The van der Waals surface area contributed by atoms with Crippen molar-refractivity contribution in [3.63, 3.8) is 0 Å². The molecule has 23 heavy (non-hydrogen) atoms. The van der Waals surface area contributed by atoms with E-state index in [0.717, 1.165) is 18.5 Å². The molecule has 1 aliphatic heterocycles. The average molecular weight is 338 g/mol. The maximum atomic E-state index is 12.4. The number of nitrogens with one attached hydrogen (secondary N) is 1. The molecule has 1 atom stereocenters. The maximum absolute atomic E-state index is 12.4. The first-order valence-electron chi connectivity index (χ1n) is 7.94. The minimum Gasteiger partial charge on any atom is -0.354 e. The van der Waals surface area contributed by atoms with Crippen LogP contribution in [0.1, 0.15) is 32.8 Å². The second kappa shape index (κ2) is 7.38. The van der Waals surface area contributed by atoms with Crippen LogP contribution in [0.5, 0.6) is 0 Å². The number of nitrogens with zero attached hydrogens (tertiary/aromatic N) is 3. The van der Waals surface area contributed by atoms with E-state index in [4.69, 9.17) is 0 Å². The van der Waals surface area contributed by atoms with Crippen molar-refractivity contribution in [1.82, 2.24) is 20.0 Å². The van der Waals surface area contributed by atoms with Gasteiger partial charge in [0.25, 0.3) is 0 Å². The van der Waals surface area contributed by atoms with Gasteiger partial charge in [-0.25, -0.2) is 0 Å². The van der Waals surface area contributed by atoms with Crippen LogP contribution >= 0.6 is 11.8 Å². The van der Waals surface area contributed by atoms with E-state index < -0.39 is 5.41 Å². The zero-order valence-electron chi connectivity index (χ0n) is 14.3. The molecule has 128 valence electrons. The highest BCUT2D eigenvalue weighted by Crippen LogP contribution is 2.27. The van der Waals surface area contributed by atoms with Crippen molar-refractivity contribution in [3.05, 3.63) is 18.0 Å². The van der Waals surface area contributed by atoms with Crippen LogP contribution in [0.25, 0.3) is 0 Å². The molecule has 0 bridgehead atoms. The largest absolute Gasteiger partial charge is 0.354 e. The fourth-order valence-electron chi connectivity index (χ4n) is 2.45. The maximum Gasteiger partial charge on any atom is 0.243 e. The molecule has 0 unspecified atom stereocenters. The molecule has 1 aromatic heterocycles. The van der Waals surface area contributed by atoms with Crippen LogP contribution in [0.2, 0.25) is 0 Å². The summed E-state index contributed by atoms with van der Waals surface area (Å²) in [6.45, 7) is 9.04. The quantitative estimate of drug-likeness (QED) is 0.829. The zero-order valence-corrected chi connectivity index (χ0v) is 15.2. The van der Waals surface area contributed by atoms with Crippen molar-refractivity contribution >= 4 is 23.6 Å². The lowest BCUT2D eigenvalue weighted by Crippen LogP contribution is -2.50. The highest BCUT2D eigenvalue weighted by atomic mass is 32.2. The van der Waals surface area contributed by atoms with Gasteiger partial charge in [0, 0.05) is 30.5 Å². The number of aromatic nitrogens is 2. The lowest BCUT2D eigenvalue weighted by Gasteiger charge is -2.29. The normalized spacial score (nSPS) is 18.3. The molecule has 7 heteroatoms. The van der Waals surface area contributed by atoms with Crippen molar-refractivity contribution in [2.45, 2.75) is 46.7 Å². The molecule has 2 rings (SSSR count). The van der Waals surface area contributed by atoms with Crippen molar-refractivity contribution < 1.29 is 9.59 Å². The molecule has 0 saturated carbocycles. The van der Waals surface area contributed by atoms with E-state index in [9.17, 15) is 9.59 Å². The second-order valence-electron chi connectivity index (χ2n) is 6.97. The van der Waals surface area contributed by atoms with Gasteiger partial charge >= 0.3 is 0 Å². The number of carbonyl (C=O) groups is 2. The lowest BCUT2D eigenvalue weighted by atomic mass is 9.94. The highest BCUT2D eigenvalue weighted by Gasteiger charge is 2.38. The minimum absolute atomic E-state index is 0.0367. The molecule has 0 spiro atoms. The van der Waals surface area contributed by atoms with E-state index in [2.05, 4.69) is 10.4 Å². The van der Waals surface area contributed by atoms with E-state index in [1.54, 1.807) is 16.7 Å². The van der Waals surface area contributed by atoms with Crippen molar-refractivity contribution in [2.24, 2.45) is 5.41 Å². The van der Waals surface area contributed by atoms with Gasteiger partial charge in [-0.1, -0.05) is 20.8 Å². The predicted molar refractivity (Wildman–Crippen MR) is 92.0 cm³/mol. The topological polar surface area (TPSA) is 67.2 Å². The first-order valence-corrected chi connectivity index (χ1v) is 9.10. The summed E-state index contributed by atoms with van der Waals surface area (Å²) in [4.78, 5) is 26.5. The zero-order chi connectivity index (χ0) is 17.0. The van der Waals surface area contributed by atoms with Gasteiger partial charge in [-0.3, -0.25) is 14.3 Å². The number of hydrogen-bond donors (Lipinski definition) is 1. The Morgan fingerprint density at radius 2 is 2.17 bits per heavy atom. The Hall–Kier alpha value is -1.50. The summed E-state index contributed by atoms with van der Waals surface area (Å²) in [6.07, 6.45) is 4.63. The average Bonchev–Trinajstić information content (AvgIpc) is 3.10. The summed E-state index contributed by atoms with van der Waals surface area (Å²) < 4.78 is 1.88. The summed E-state index contributed by atoms with van der Waals surface area (Å²) in [7, 11) is 0. The first kappa shape index (κ1) is 17.8. The van der Waals surface area contributed by atoms with Crippen molar-refractivity contribution in [2.75, 3.05) is 18.2 Å². The van der Waals surface area contributed by atoms with Crippen molar-refractivity contribution in [1.29, 1.82) is 0 Å². The third-order valence-corrected chi connectivity index (χ3v) is 4.73. The molecule has 1 aromatic rings. The lowest BCUT2D eigenvalue weighted by molar-refractivity contribution is -0.144. The summed E-state index contributed by atoms with van der Waals surface area (Å²) in [5.74, 6) is 1.26. The van der Waals surface area contributed by atoms with Crippen molar-refractivity contribution in [3.8, 4) is 0 Å². The molecule has 6 nitrogen and oxygen atoms in total. The summed E-state index contributed by atoms with van der Waals surface area (Å²) >= 11 is 1.63. The Kier molecular flexibility index (Phi) is 5.73. The number of aryl methyl sites for hydroxylation is 2. The van der Waals surface area contributed by atoms with E-state index >= 15 is 0 Å². The summed E-state index contributed by atoms with van der Waals surface area (Å²) in [6, 6.07) is -0.348. The molecule has 2 amide bonds. The predicted octanol–water partition coefficient (Wildman–Crippen LogP) is 1.65. The third-order valence-electron chi connectivity index (χ3n) is 3.71. The summed E-state index contributed by atoms with van der Waals surface area (Å²) in [5.41, 5.74) is 0.676. The van der Waals surface area contributed by atoms with Crippen LogP contribution in [0, 0.1) is 12.3 Å². The fraction of sp³-hybridized carbons (Fsp3) is 0.688. The molecular formula is C16H26N4O2S. The number of carbonyl (C=O) groups excluding carboxylic acids is 2. The van der Waals surface area contributed by atoms with Crippen LogP contribution in [0.4, 0.5) is 0 Å². The van der Waals surface area contributed by atoms with Crippen LogP contribution in [-0.2, 0) is 16.1 Å². The van der Waals surface area contributed by atoms with Crippen LogP contribution in [0.3, 0.4) is 0 Å². The number of rotatable bonds is 5. The monoisotopic (exact) mass is 338 g/mol. The highest BCUT2D eigenvalue weighted by molar-refractivity contribution is 7.99. The van der Waals surface area contributed by atoms with Crippen LogP contribution < -0.4 is 5.32 Å². The molecule has 0 aromatic carbocycles. The molecule has 1 saturated heterocycles. The Balaban J connectivity index is 1.79. The number of amides is 2. The molecular weight excluding hydrogens is 312 g/mol. The van der Waals surface area contributed by atoms with E-state index in [-0.39, 0.29) is 17.9 Å². The second-order valence-corrected chi connectivity index (χ2v) is 7.97.